The van der Waals surface area contributed by atoms with E-state index in [9.17, 15) is 9.59 Å². The Bertz CT molecular complexity index is 561. The van der Waals surface area contributed by atoms with Gasteiger partial charge in [0.25, 0.3) is 5.91 Å². The number of nitrogens with one attached hydrogen (secondary N) is 1. The van der Waals surface area contributed by atoms with Crippen LogP contribution < -0.4 is 5.32 Å². The van der Waals surface area contributed by atoms with Gasteiger partial charge in [0.15, 0.2) is 0 Å². The second-order valence-electron chi connectivity index (χ2n) is 6.88. The highest BCUT2D eigenvalue weighted by molar-refractivity contribution is 5.93. The summed E-state index contributed by atoms with van der Waals surface area (Å²) in [5.74, 6) is 0.0180. The number of hydrogen-bond acceptors (Lipinski definition) is 3. The van der Waals surface area contributed by atoms with Gasteiger partial charge in [-0.05, 0) is 37.8 Å². The fourth-order valence-corrected chi connectivity index (χ4v) is 3.95. The third-order valence-corrected chi connectivity index (χ3v) is 5.24. The van der Waals surface area contributed by atoms with Gasteiger partial charge in [-0.1, -0.05) is 31.7 Å². The Morgan fingerprint density at radius 3 is 2.75 bits per heavy atom. The highest BCUT2D eigenvalue weighted by atomic mass is 16.2. The Morgan fingerprint density at radius 1 is 1.08 bits per heavy atom. The summed E-state index contributed by atoms with van der Waals surface area (Å²) in [5, 5.41) is 3.09. The van der Waals surface area contributed by atoms with Crippen LogP contribution in [-0.2, 0) is 4.79 Å². The molecule has 2 amide bonds. The van der Waals surface area contributed by atoms with E-state index in [0.29, 0.717) is 5.69 Å². The van der Waals surface area contributed by atoms with E-state index in [0.717, 1.165) is 64.5 Å². The van der Waals surface area contributed by atoms with Crippen LogP contribution in [0.1, 0.15) is 61.9 Å². The first-order chi connectivity index (χ1) is 11.8. The lowest BCUT2D eigenvalue weighted by atomic mass is 9.82. The van der Waals surface area contributed by atoms with Crippen molar-refractivity contribution in [1.82, 2.24) is 15.2 Å². The standard InChI is InChI=1S/C19H27N3O2/c23-18-15-9-3-4-11-17(15)22(14-8-2-1-6-13-21-18)19(24)16-10-5-7-12-20-16/h5,7,10,12,15,17H,1-4,6,8-9,11,13-14H2,(H,21,23)/t15-,17+/m1/s1. The molecule has 1 aromatic rings. The number of aromatic nitrogens is 1. The highest BCUT2D eigenvalue weighted by Crippen LogP contribution is 2.30. The molecule has 3 rings (SSSR count). The van der Waals surface area contributed by atoms with Crippen molar-refractivity contribution in [2.75, 3.05) is 13.1 Å². The third-order valence-electron chi connectivity index (χ3n) is 5.24. The van der Waals surface area contributed by atoms with Crippen LogP contribution in [0.15, 0.2) is 24.4 Å². The minimum absolute atomic E-state index is 0.00589. The Labute approximate surface area is 143 Å². The molecule has 1 N–H and O–H groups in total. The van der Waals surface area contributed by atoms with Crippen LogP contribution in [0.25, 0.3) is 0 Å². The van der Waals surface area contributed by atoms with Gasteiger partial charge < -0.3 is 10.2 Å². The molecule has 2 heterocycles. The summed E-state index contributed by atoms with van der Waals surface area (Å²) < 4.78 is 0. The molecule has 0 bridgehead atoms. The molecule has 2 aliphatic rings. The van der Waals surface area contributed by atoms with Crippen molar-refractivity contribution >= 4 is 11.8 Å². The van der Waals surface area contributed by atoms with Gasteiger partial charge in [-0.25, -0.2) is 0 Å². The van der Waals surface area contributed by atoms with Crippen molar-refractivity contribution < 1.29 is 9.59 Å². The van der Waals surface area contributed by atoms with E-state index >= 15 is 0 Å². The van der Waals surface area contributed by atoms with Crippen LogP contribution in [-0.4, -0.2) is 40.8 Å². The quantitative estimate of drug-likeness (QED) is 0.862. The lowest BCUT2D eigenvalue weighted by molar-refractivity contribution is -0.128. The molecule has 5 heteroatoms. The SMILES string of the molecule is O=C1NCCCCCCN(C(=O)c2ccccn2)[C@H]2CCCC[C@@H]12. The van der Waals surface area contributed by atoms with Gasteiger partial charge in [0.2, 0.25) is 5.91 Å². The van der Waals surface area contributed by atoms with E-state index in [1.807, 2.05) is 17.0 Å². The van der Waals surface area contributed by atoms with Gasteiger partial charge in [0.1, 0.15) is 5.69 Å². The molecule has 0 unspecified atom stereocenters. The molecular formula is C19H27N3O2. The summed E-state index contributed by atoms with van der Waals surface area (Å²) in [7, 11) is 0. The molecule has 2 fully saturated rings. The predicted octanol–water partition coefficient (Wildman–Crippen LogP) is 2.77. The normalized spacial score (nSPS) is 26.0. The lowest BCUT2D eigenvalue weighted by Gasteiger charge is -2.39. The number of carbonyl (C=O) groups excluding carboxylic acids is 2. The van der Waals surface area contributed by atoms with E-state index in [1.54, 1.807) is 12.3 Å². The fraction of sp³-hybridized carbons (Fsp3) is 0.632. The Kier molecular flexibility index (Phi) is 5.83. The maximum atomic E-state index is 13.0. The Morgan fingerprint density at radius 2 is 1.92 bits per heavy atom. The predicted molar refractivity (Wildman–Crippen MR) is 92.5 cm³/mol. The molecule has 1 saturated carbocycles. The first kappa shape index (κ1) is 16.9. The van der Waals surface area contributed by atoms with Crippen molar-refractivity contribution in [2.24, 2.45) is 5.92 Å². The van der Waals surface area contributed by atoms with E-state index in [4.69, 9.17) is 0 Å². The summed E-state index contributed by atoms with van der Waals surface area (Å²) in [6, 6.07) is 5.44. The summed E-state index contributed by atoms with van der Waals surface area (Å²) in [5.41, 5.74) is 0.483. The molecule has 0 radical (unpaired) electrons. The van der Waals surface area contributed by atoms with E-state index < -0.39 is 0 Å². The molecule has 0 aromatic carbocycles. The molecule has 1 aliphatic carbocycles. The second kappa shape index (κ2) is 8.27. The van der Waals surface area contributed by atoms with Crippen LogP contribution in [0.2, 0.25) is 0 Å². The minimum atomic E-state index is -0.0792. The second-order valence-corrected chi connectivity index (χ2v) is 6.88. The molecule has 5 nitrogen and oxygen atoms in total. The molecule has 24 heavy (non-hydrogen) atoms. The monoisotopic (exact) mass is 329 g/mol. The van der Waals surface area contributed by atoms with Gasteiger partial charge in [-0.15, -0.1) is 0 Å². The van der Waals surface area contributed by atoms with Gasteiger partial charge >= 0.3 is 0 Å². The maximum absolute atomic E-state index is 13.0. The first-order valence-electron chi connectivity index (χ1n) is 9.27. The van der Waals surface area contributed by atoms with Crippen LogP contribution in [0.4, 0.5) is 0 Å². The van der Waals surface area contributed by atoms with Gasteiger partial charge in [-0.2, -0.15) is 0 Å². The largest absolute Gasteiger partial charge is 0.356 e. The topological polar surface area (TPSA) is 62.3 Å². The number of fused-ring (bicyclic) bond motifs is 1. The number of pyridine rings is 1. The smallest absolute Gasteiger partial charge is 0.272 e. The summed E-state index contributed by atoms with van der Waals surface area (Å²) in [6.07, 6.45) is 9.82. The van der Waals surface area contributed by atoms with Crippen LogP contribution in [0.5, 0.6) is 0 Å². The van der Waals surface area contributed by atoms with Crippen molar-refractivity contribution in [3.8, 4) is 0 Å². The number of hydrogen-bond donors (Lipinski definition) is 1. The minimum Gasteiger partial charge on any atom is -0.356 e. The van der Waals surface area contributed by atoms with Crippen LogP contribution in [0.3, 0.4) is 0 Å². The zero-order valence-corrected chi connectivity index (χ0v) is 14.2. The average Bonchev–Trinajstić information content (AvgIpc) is 2.67. The van der Waals surface area contributed by atoms with Crippen molar-refractivity contribution in [1.29, 1.82) is 0 Å². The molecule has 130 valence electrons. The summed E-state index contributed by atoms with van der Waals surface area (Å²) >= 11 is 0. The van der Waals surface area contributed by atoms with Crippen LogP contribution >= 0.6 is 0 Å². The van der Waals surface area contributed by atoms with E-state index in [1.165, 1.54) is 0 Å². The summed E-state index contributed by atoms with van der Waals surface area (Å²) in [6.45, 7) is 1.49. The maximum Gasteiger partial charge on any atom is 0.272 e. The van der Waals surface area contributed by atoms with Crippen molar-refractivity contribution in [3.63, 3.8) is 0 Å². The fourth-order valence-electron chi connectivity index (χ4n) is 3.95. The first-order valence-corrected chi connectivity index (χ1v) is 9.27. The Balaban J connectivity index is 1.86. The number of amides is 2. The number of rotatable bonds is 1. The highest BCUT2D eigenvalue weighted by Gasteiger charge is 2.37. The van der Waals surface area contributed by atoms with Gasteiger partial charge in [0, 0.05) is 25.3 Å². The molecule has 1 aliphatic heterocycles. The molecule has 2 atom stereocenters. The van der Waals surface area contributed by atoms with Crippen LogP contribution in [0, 0.1) is 5.92 Å². The summed E-state index contributed by atoms with van der Waals surface area (Å²) in [4.78, 5) is 31.8. The van der Waals surface area contributed by atoms with E-state index in [2.05, 4.69) is 10.3 Å². The Hall–Kier alpha value is -1.91. The average molecular weight is 329 g/mol. The van der Waals surface area contributed by atoms with E-state index in [-0.39, 0.29) is 23.8 Å². The van der Waals surface area contributed by atoms with Gasteiger partial charge in [-0.3, -0.25) is 14.6 Å². The molecule has 0 spiro atoms. The number of carbonyl (C=O) groups is 2. The van der Waals surface area contributed by atoms with Crippen molar-refractivity contribution in [3.05, 3.63) is 30.1 Å². The van der Waals surface area contributed by atoms with Gasteiger partial charge in [0.05, 0.1) is 5.92 Å². The molecule has 1 aromatic heterocycles. The lowest BCUT2D eigenvalue weighted by Crippen LogP contribution is -2.51. The molecule has 1 saturated heterocycles. The zero-order chi connectivity index (χ0) is 16.8. The third kappa shape index (κ3) is 3.94. The zero-order valence-electron chi connectivity index (χ0n) is 14.2. The van der Waals surface area contributed by atoms with Crippen molar-refractivity contribution in [2.45, 2.75) is 57.4 Å². The number of nitrogens with zero attached hydrogens (tertiary/aromatic N) is 2. The molecular weight excluding hydrogens is 302 g/mol.